The summed E-state index contributed by atoms with van der Waals surface area (Å²) in [5.41, 5.74) is -3.82. The first-order valence-corrected chi connectivity index (χ1v) is 10.4. The van der Waals surface area contributed by atoms with Gasteiger partial charge in [0.2, 0.25) is 0 Å². The smallest absolute Gasteiger partial charge is 0.349 e. The number of hydrogen-bond acceptors (Lipinski definition) is 3. The fraction of sp³-hybridized carbons (Fsp3) is 0.261. The van der Waals surface area contributed by atoms with Crippen molar-refractivity contribution < 1.29 is 36.1 Å². The maximum Gasteiger partial charge on any atom is 0.416 e. The molecule has 0 saturated heterocycles. The number of hydrogen-bond donors (Lipinski definition) is 0. The number of rotatable bonds is 3. The second-order valence-electron chi connectivity index (χ2n) is 7.99. The van der Waals surface area contributed by atoms with Crippen LogP contribution >= 0.6 is 0 Å². The molecule has 12 heteroatoms. The first-order chi connectivity index (χ1) is 16.4. The van der Waals surface area contributed by atoms with E-state index in [1.54, 1.807) is 22.9 Å². The van der Waals surface area contributed by atoms with E-state index in [1.165, 1.54) is 24.3 Å². The van der Waals surface area contributed by atoms with Crippen molar-refractivity contribution in [2.75, 3.05) is 6.54 Å². The highest BCUT2D eigenvalue weighted by Gasteiger charge is 2.40. The lowest BCUT2D eigenvalue weighted by molar-refractivity contribution is -0.385. The Morgan fingerprint density at radius 3 is 2.14 bits per heavy atom. The Morgan fingerprint density at radius 1 is 0.914 bits per heavy atom. The molecule has 184 valence electrons. The summed E-state index contributed by atoms with van der Waals surface area (Å²) in [6.07, 6.45) is -8.23. The van der Waals surface area contributed by atoms with Crippen LogP contribution in [0.4, 0.5) is 32.0 Å². The normalized spacial score (nSPS) is 16.5. The summed E-state index contributed by atoms with van der Waals surface area (Å²) in [5, 5.41) is 11.7. The minimum Gasteiger partial charge on any atom is -0.349 e. The molecule has 0 fully saturated rings. The van der Waals surface area contributed by atoms with Crippen molar-refractivity contribution in [3.8, 4) is 0 Å². The molecule has 0 spiro atoms. The van der Waals surface area contributed by atoms with Gasteiger partial charge in [-0.25, -0.2) is 0 Å². The largest absolute Gasteiger partial charge is 0.416 e. The SMILES string of the molecule is O=C(c1cc(C(F)(F)F)cc(C(F)(F)F)c1)N1CCCn2cccc2C1c1ccccc1[N+](=O)[O-]. The van der Waals surface area contributed by atoms with Crippen molar-refractivity contribution >= 4 is 11.6 Å². The van der Waals surface area contributed by atoms with E-state index in [-0.39, 0.29) is 23.9 Å². The lowest BCUT2D eigenvalue weighted by Gasteiger charge is -2.31. The average Bonchev–Trinajstić information content (AvgIpc) is 3.17. The van der Waals surface area contributed by atoms with Gasteiger partial charge in [0.25, 0.3) is 11.6 Å². The second kappa shape index (κ2) is 8.75. The van der Waals surface area contributed by atoms with Crippen LogP contribution in [0.15, 0.2) is 60.8 Å². The number of nitro groups is 1. The van der Waals surface area contributed by atoms with E-state index in [1.807, 2.05) is 0 Å². The predicted octanol–water partition coefficient (Wildman–Crippen LogP) is 6.07. The first-order valence-electron chi connectivity index (χ1n) is 10.4. The third kappa shape index (κ3) is 4.73. The molecule has 0 N–H and O–H groups in total. The van der Waals surface area contributed by atoms with Crippen LogP contribution in [0, 0.1) is 10.1 Å². The monoisotopic (exact) mass is 497 g/mol. The fourth-order valence-electron chi connectivity index (χ4n) is 4.25. The molecule has 1 aliphatic heterocycles. The number of nitrogens with zero attached hydrogens (tertiary/aromatic N) is 3. The van der Waals surface area contributed by atoms with Crippen LogP contribution in [0.2, 0.25) is 0 Å². The highest BCUT2D eigenvalue weighted by molar-refractivity contribution is 5.95. The summed E-state index contributed by atoms with van der Waals surface area (Å²) >= 11 is 0. The molecule has 3 aromatic rings. The standard InChI is InChI=1S/C23H17F6N3O3/c24-22(25,26)15-11-14(12-16(13-15)23(27,28)29)21(33)31-10-4-9-30-8-3-7-19(30)20(31)17-5-1-2-6-18(17)32(34)35/h1-3,5-8,11-13,20H,4,9-10H2. The lowest BCUT2D eigenvalue weighted by Crippen LogP contribution is -2.36. The zero-order chi connectivity index (χ0) is 25.5. The summed E-state index contributed by atoms with van der Waals surface area (Å²) in [7, 11) is 0. The van der Waals surface area contributed by atoms with Gasteiger partial charge in [-0.1, -0.05) is 12.1 Å². The fourth-order valence-corrected chi connectivity index (χ4v) is 4.25. The Kier molecular flexibility index (Phi) is 6.07. The number of carbonyl (C=O) groups is 1. The minimum absolute atomic E-state index is 0.0468. The van der Waals surface area contributed by atoms with Gasteiger partial charge in [-0.15, -0.1) is 0 Å². The molecule has 1 aromatic heterocycles. The zero-order valence-electron chi connectivity index (χ0n) is 17.8. The van der Waals surface area contributed by atoms with Gasteiger partial charge in [-0.05, 0) is 42.8 Å². The molecule has 0 saturated carbocycles. The zero-order valence-corrected chi connectivity index (χ0v) is 17.8. The van der Waals surface area contributed by atoms with Gasteiger partial charge in [0, 0.05) is 36.6 Å². The van der Waals surface area contributed by atoms with E-state index in [4.69, 9.17) is 0 Å². The summed E-state index contributed by atoms with van der Waals surface area (Å²) in [4.78, 5) is 25.7. The van der Waals surface area contributed by atoms with Crippen LogP contribution in [0.5, 0.6) is 0 Å². The van der Waals surface area contributed by atoms with Crippen LogP contribution in [-0.4, -0.2) is 26.8 Å². The minimum atomic E-state index is -5.12. The van der Waals surface area contributed by atoms with Gasteiger partial charge in [-0.3, -0.25) is 14.9 Å². The first kappa shape index (κ1) is 24.3. The lowest BCUT2D eigenvalue weighted by atomic mass is 9.98. The number of benzene rings is 2. The number of nitro benzene ring substituents is 1. The Balaban J connectivity index is 1.90. The number of halogens is 6. The molecule has 1 unspecified atom stereocenters. The van der Waals surface area contributed by atoms with E-state index in [0.717, 1.165) is 4.90 Å². The van der Waals surface area contributed by atoms with Crippen LogP contribution in [0.3, 0.4) is 0 Å². The number of alkyl halides is 6. The molecule has 1 atom stereocenters. The Hall–Kier alpha value is -3.83. The van der Waals surface area contributed by atoms with Crippen molar-refractivity contribution in [1.82, 2.24) is 9.47 Å². The van der Waals surface area contributed by atoms with E-state index in [9.17, 15) is 41.3 Å². The van der Waals surface area contributed by atoms with E-state index >= 15 is 0 Å². The molecular formula is C23H17F6N3O3. The second-order valence-corrected chi connectivity index (χ2v) is 7.99. The predicted molar refractivity (Wildman–Crippen MR) is 111 cm³/mol. The van der Waals surface area contributed by atoms with Crippen LogP contribution < -0.4 is 0 Å². The van der Waals surface area contributed by atoms with Crippen molar-refractivity contribution in [3.05, 3.63) is 98.9 Å². The molecule has 1 amide bonds. The summed E-state index contributed by atoms with van der Waals surface area (Å²) in [6, 6.07) is 8.42. The average molecular weight is 497 g/mol. The molecule has 35 heavy (non-hydrogen) atoms. The van der Waals surface area contributed by atoms with Crippen LogP contribution in [-0.2, 0) is 18.9 Å². The van der Waals surface area contributed by atoms with E-state index in [2.05, 4.69) is 0 Å². The number of aryl methyl sites for hydroxylation is 1. The Morgan fingerprint density at radius 2 is 1.54 bits per heavy atom. The van der Waals surface area contributed by atoms with Gasteiger partial charge >= 0.3 is 12.4 Å². The molecule has 0 radical (unpaired) electrons. The number of amides is 1. The highest BCUT2D eigenvalue weighted by atomic mass is 19.4. The number of fused-ring (bicyclic) bond motifs is 1. The summed E-state index contributed by atoms with van der Waals surface area (Å²) in [5.74, 6) is -1.10. The Labute approximate surface area is 194 Å². The van der Waals surface area contributed by atoms with E-state index < -0.39 is 45.9 Å². The van der Waals surface area contributed by atoms with Gasteiger partial charge in [0.15, 0.2) is 0 Å². The topological polar surface area (TPSA) is 68.4 Å². The molecule has 6 nitrogen and oxygen atoms in total. The molecule has 0 aliphatic carbocycles. The van der Waals surface area contributed by atoms with Gasteiger partial charge in [0.1, 0.15) is 6.04 Å². The molecule has 1 aliphatic rings. The van der Waals surface area contributed by atoms with E-state index in [0.29, 0.717) is 30.8 Å². The number of aromatic nitrogens is 1. The van der Waals surface area contributed by atoms with Gasteiger partial charge in [0.05, 0.1) is 21.6 Å². The maximum absolute atomic E-state index is 13.5. The maximum atomic E-state index is 13.5. The molecule has 4 rings (SSSR count). The third-order valence-corrected chi connectivity index (χ3v) is 5.78. The third-order valence-electron chi connectivity index (χ3n) is 5.78. The summed E-state index contributed by atoms with van der Waals surface area (Å²) < 4.78 is 82.0. The molecule has 2 heterocycles. The van der Waals surface area contributed by atoms with Crippen molar-refractivity contribution in [2.45, 2.75) is 31.4 Å². The van der Waals surface area contributed by atoms with Crippen molar-refractivity contribution in [3.63, 3.8) is 0 Å². The van der Waals surface area contributed by atoms with Crippen molar-refractivity contribution in [2.24, 2.45) is 0 Å². The highest BCUT2D eigenvalue weighted by Crippen LogP contribution is 2.40. The molecular weight excluding hydrogens is 480 g/mol. The summed E-state index contributed by atoms with van der Waals surface area (Å²) in [6.45, 7) is 0.356. The van der Waals surface area contributed by atoms with Crippen LogP contribution in [0.25, 0.3) is 0 Å². The molecule has 2 aromatic carbocycles. The van der Waals surface area contributed by atoms with Crippen LogP contribution in [0.1, 0.15) is 45.2 Å². The number of para-hydroxylation sites is 1. The van der Waals surface area contributed by atoms with Gasteiger partial charge in [-0.2, -0.15) is 26.3 Å². The quantitative estimate of drug-likeness (QED) is 0.251. The number of carbonyl (C=O) groups excluding carboxylic acids is 1. The molecule has 0 bridgehead atoms. The van der Waals surface area contributed by atoms with Gasteiger partial charge < -0.3 is 9.47 Å². The van der Waals surface area contributed by atoms with Crippen molar-refractivity contribution in [1.29, 1.82) is 0 Å². The Bertz CT molecular complexity index is 1250.